The monoisotopic (exact) mass is 432 g/mol. The fourth-order valence-corrected chi connectivity index (χ4v) is 3.99. The first-order chi connectivity index (χ1) is 15.6. The Kier molecular flexibility index (Phi) is 6.84. The molecular weight excluding hydrogens is 404 g/mol. The number of piperidine rings is 1. The van der Waals surface area contributed by atoms with Crippen LogP contribution in [0, 0.1) is 0 Å². The van der Waals surface area contributed by atoms with Crippen LogP contribution in [-0.4, -0.2) is 46.5 Å². The number of likely N-dealkylation sites (tertiary alicyclic amines) is 1. The van der Waals surface area contributed by atoms with E-state index in [1.165, 1.54) is 0 Å². The molecule has 4 rings (SSSR count). The van der Waals surface area contributed by atoms with Crippen LogP contribution in [0.1, 0.15) is 40.4 Å². The number of imidazole rings is 1. The molecule has 1 fully saturated rings. The van der Waals surface area contributed by atoms with Crippen molar-refractivity contribution in [2.24, 2.45) is 0 Å². The van der Waals surface area contributed by atoms with Crippen LogP contribution in [0.4, 0.5) is 0 Å². The van der Waals surface area contributed by atoms with Gasteiger partial charge in [-0.25, -0.2) is 4.98 Å². The molecular formula is C25H28N4O3. The van der Waals surface area contributed by atoms with Crippen LogP contribution in [-0.2, 0) is 17.8 Å². The maximum Gasteiger partial charge on any atom is 0.253 e. The molecule has 0 atom stereocenters. The molecule has 0 aliphatic carbocycles. The Labute approximate surface area is 188 Å². The van der Waals surface area contributed by atoms with E-state index in [4.69, 9.17) is 4.74 Å². The summed E-state index contributed by atoms with van der Waals surface area (Å²) in [7, 11) is 1.62. The van der Waals surface area contributed by atoms with Gasteiger partial charge in [-0.15, -0.1) is 0 Å². The molecule has 1 saturated heterocycles. The van der Waals surface area contributed by atoms with Crippen molar-refractivity contribution in [1.82, 2.24) is 19.8 Å². The van der Waals surface area contributed by atoms with Crippen molar-refractivity contribution in [1.29, 1.82) is 0 Å². The van der Waals surface area contributed by atoms with Gasteiger partial charge in [0.15, 0.2) is 0 Å². The highest BCUT2D eigenvalue weighted by molar-refractivity contribution is 5.94. The van der Waals surface area contributed by atoms with Gasteiger partial charge in [0.1, 0.15) is 5.75 Å². The summed E-state index contributed by atoms with van der Waals surface area (Å²) >= 11 is 0. The van der Waals surface area contributed by atoms with Gasteiger partial charge < -0.3 is 19.5 Å². The third-order valence-corrected chi connectivity index (χ3v) is 5.91. The van der Waals surface area contributed by atoms with Crippen molar-refractivity contribution >= 4 is 11.8 Å². The maximum atomic E-state index is 12.8. The van der Waals surface area contributed by atoms with E-state index in [1.807, 2.05) is 66.0 Å². The summed E-state index contributed by atoms with van der Waals surface area (Å²) in [5.74, 6) is 0.784. The molecule has 0 radical (unpaired) electrons. The number of aromatic nitrogens is 2. The van der Waals surface area contributed by atoms with Crippen molar-refractivity contribution in [3.63, 3.8) is 0 Å². The van der Waals surface area contributed by atoms with Gasteiger partial charge in [0, 0.05) is 43.6 Å². The number of hydrogen-bond donors (Lipinski definition) is 1. The summed E-state index contributed by atoms with van der Waals surface area (Å²) in [6.45, 7) is 1.91. The van der Waals surface area contributed by atoms with Gasteiger partial charge in [-0.2, -0.15) is 0 Å². The molecule has 2 aromatic carbocycles. The van der Waals surface area contributed by atoms with E-state index >= 15 is 0 Å². The number of ether oxygens (including phenoxy) is 1. The number of methoxy groups -OCH3 is 1. The topological polar surface area (TPSA) is 76.5 Å². The lowest BCUT2D eigenvalue weighted by Gasteiger charge is -2.32. The summed E-state index contributed by atoms with van der Waals surface area (Å²) in [6, 6.07) is 15.4. The van der Waals surface area contributed by atoms with Gasteiger partial charge in [-0.1, -0.05) is 24.3 Å². The number of nitrogens with one attached hydrogen (secondary N) is 1. The second-order valence-electron chi connectivity index (χ2n) is 8.03. The third kappa shape index (κ3) is 5.35. The van der Waals surface area contributed by atoms with Crippen LogP contribution >= 0.6 is 0 Å². The van der Waals surface area contributed by atoms with Crippen molar-refractivity contribution in [3.05, 3.63) is 83.9 Å². The molecule has 0 unspecified atom stereocenters. The van der Waals surface area contributed by atoms with E-state index in [9.17, 15) is 9.59 Å². The van der Waals surface area contributed by atoms with Crippen LogP contribution in [0.15, 0.2) is 67.3 Å². The summed E-state index contributed by atoms with van der Waals surface area (Å²) in [5.41, 5.74) is 2.57. The lowest BCUT2D eigenvalue weighted by molar-refractivity contribution is -0.120. The number of benzene rings is 2. The van der Waals surface area contributed by atoms with Gasteiger partial charge in [-0.05, 0) is 48.2 Å². The first kappa shape index (κ1) is 21.6. The van der Waals surface area contributed by atoms with Gasteiger partial charge in [0.05, 0.1) is 19.9 Å². The molecule has 7 heteroatoms. The molecule has 32 heavy (non-hydrogen) atoms. The Morgan fingerprint density at radius 1 is 1.03 bits per heavy atom. The fourth-order valence-electron chi connectivity index (χ4n) is 3.99. The van der Waals surface area contributed by atoms with Crippen molar-refractivity contribution in [2.75, 3.05) is 20.2 Å². The molecule has 0 bridgehead atoms. The van der Waals surface area contributed by atoms with Gasteiger partial charge >= 0.3 is 0 Å². The molecule has 0 saturated carbocycles. The van der Waals surface area contributed by atoms with E-state index in [-0.39, 0.29) is 11.8 Å². The third-order valence-electron chi connectivity index (χ3n) is 5.91. The van der Waals surface area contributed by atoms with E-state index in [0.29, 0.717) is 24.6 Å². The average Bonchev–Trinajstić information content (AvgIpc) is 3.38. The minimum Gasteiger partial charge on any atom is -0.497 e. The highest BCUT2D eigenvalue weighted by atomic mass is 16.5. The van der Waals surface area contributed by atoms with Crippen molar-refractivity contribution < 1.29 is 14.3 Å². The summed E-state index contributed by atoms with van der Waals surface area (Å²) in [6.07, 6.45) is 7.80. The molecule has 2 amide bonds. The standard InChI is InChI=1S/C25H28N4O3/c1-32-23-8-4-19(5-9-23)16-24(30)27-17-20-2-6-21(7-3-20)25(31)28-13-10-22(11-14-28)29-15-12-26-18-29/h2-9,12,15,18,22H,10-11,13-14,16-17H2,1H3,(H,27,30). The van der Waals surface area contributed by atoms with Gasteiger partial charge in [0.25, 0.3) is 5.91 Å². The molecule has 1 N–H and O–H groups in total. The van der Waals surface area contributed by atoms with Crippen LogP contribution in [0.25, 0.3) is 0 Å². The minimum atomic E-state index is -0.0453. The highest BCUT2D eigenvalue weighted by Crippen LogP contribution is 2.23. The molecule has 2 heterocycles. The number of hydrogen-bond acceptors (Lipinski definition) is 4. The first-order valence-electron chi connectivity index (χ1n) is 10.9. The normalized spacial score (nSPS) is 14.2. The predicted octanol–water partition coefficient (Wildman–Crippen LogP) is 3.23. The molecule has 1 aromatic heterocycles. The Morgan fingerprint density at radius 3 is 2.34 bits per heavy atom. The zero-order valence-electron chi connectivity index (χ0n) is 18.2. The average molecular weight is 433 g/mol. The number of carbonyl (C=O) groups excluding carboxylic acids is 2. The molecule has 166 valence electrons. The smallest absolute Gasteiger partial charge is 0.253 e. The Balaban J connectivity index is 1.24. The zero-order valence-corrected chi connectivity index (χ0v) is 18.2. The quantitative estimate of drug-likeness (QED) is 0.622. The second-order valence-corrected chi connectivity index (χ2v) is 8.03. The summed E-state index contributed by atoms with van der Waals surface area (Å²) < 4.78 is 7.26. The Morgan fingerprint density at radius 2 is 1.72 bits per heavy atom. The fraction of sp³-hybridized carbons (Fsp3) is 0.320. The molecule has 0 spiro atoms. The number of carbonyl (C=O) groups is 2. The maximum absolute atomic E-state index is 12.8. The van der Waals surface area contributed by atoms with Gasteiger partial charge in [0.2, 0.25) is 5.91 Å². The predicted molar refractivity (Wildman–Crippen MR) is 121 cm³/mol. The Hall–Kier alpha value is -3.61. The zero-order chi connectivity index (χ0) is 22.3. The molecule has 1 aliphatic heterocycles. The van der Waals surface area contributed by atoms with Crippen molar-refractivity contribution in [2.45, 2.75) is 31.8 Å². The van der Waals surface area contributed by atoms with Crippen LogP contribution in [0.5, 0.6) is 5.75 Å². The molecule has 3 aromatic rings. The number of amides is 2. The number of nitrogens with zero attached hydrogens (tertiary/aromatic N) is 3. The lowest BCUT2D eigenvalue weighted by Crippen LogP contribution is -2.38. The van der Waals surface area contributed by atoms with E-state index in [1.54, 1.807) is 13.3 Å². The largest absolute Gasteiger partial charge is 0.497 e. The van der Waals surface area contributed by atoms with E-state index in [2.05, 4.69) is 14.9 Å². The number of rotatable bonds is 7. The summed E-state index contributed by atoms with van der Waals surface area (Å²) in [5, 5.41) is 2.93. The summed E-state index contributed by atoms with van der Waals surface area (Å²) in [4.78, 5) is 31.1. The van der Waals surface area contributed by atoms with Gasteiger partial charge in [-0.3, -0.25) is 9.59 Å². The van der Waals surface area contributed by atoms with Crippen LogP contribution in [0.2, 0.25) is 0 Å². The van der Waals surface area contributed by atoms with E-state index in [0.717, 1.165) is 42.8 Å². The molecule has 1 aliphatic rings. The minimum absolute atomic E-state index is 0.0453. The van der Waals surface area contributed by atoms with E-state index < -0.39 is 0 Å². The van der Waals surface area contributed by atoms with Crippen molar-refractivity contribution in [3.8, 4) is 5.75 Å². The second kappa shape index (κ2) is 10.1. The molecule has 7 nitrogen and oxygen atoms in total. The Bertz CT molecular complexity index is 1020. The van der Waals surface area contributed by atoms with Crippen LogP contribution in [0.3, 0.4) is 0 Å². The lowest BCUT2D eigenvalue weighted by atomic mass is 10.0. The first-order valence-corrected chi connectivity index (χ1v) is 10.9. The highest BCUT2D eigenvalue weighted by Gasteiger charge is 2.24. The SMILES string of the molecule is COc1ccc(CC(=O)NCc2ccc(C(=O)N3CCC(n4ccnc4)CC3)cc2)cc1. The van der Waals surface area contributed by atoms with Crippen LogP contribution < -0.4 is 10.1 Å².